The molecule has 3 rings (SSSR count). The normalized spacial score (nSPS) is 13.7. The lowest BCUT2D eigenvalue weighted by Crippen LogP contribution is -2.23. The van der Waals surface area contributed by atoms with Crippen molar-refractivity contribution in [2.75, 3.05) is 5.73 Å². The summed E-state index contributed by atoms with van der Waals surface area (Å²) in [5.74, 6) is 0.140. The molecule has 0 radical (unpaired) electrons. The second-order valence-corrected chi connectivity index (χ2v) is 5.16. The summed E-state index contributed by atoms with van der Waals surface area (Å²) in [6.07, 6.45) is 4.90. The Bertz CT molecular complexity index is 729. The molecule has 0 unspecified atom stereocenters. The first kappa shape index (κ1) is 13.6. The second-order valence-electron chi connectivity index (χ2n) is 4.75. The predicted molar refractivity (Wildman–Crippen MR) is 81.2 cm³/mol. The van der Waals surface area contributed by atoms with Crippen LogP contribution in [0.4, 0.5) is 5.95 Å². The largest absolute Gasteiger partial charge is 0.368 e. The third-order valence-corrected chi connectivity index (χ3v) is 3.64. The predicted octanol–water partition coefficient (Wildman–Crippen LogP) is 2.27. The van der Waals surface area contributed by atoms with E-state index in [1.54, 1.807) is 23.2 Å². The molecule has 2 heterocycles. The SMILES string of the molecule is Nc1ncc2c(n1)CN(C(=O)/C=C/c1ccccc1Cl)C2. The number of carbonyl (C=O) groups is 1. The number of nitrogens with two attached hydrogens (primary N) is 1. The molecule has 1 aromatic heterocycles. The minimum atomic E-state index is -0.0912. The third kappa shape index (κ3) is 2.87. The summed E-state index contributed by atoms with van der Waals surface area (Å²) < 4.78 is 0. The van der Waals surface area contributed by atoms with E-state index < -0.39 is 0 Å². The average Bonchev–Trinajstić information content (AvgIpc) is 2.89. The Balaban J connectivity index is 1.72. The van der Waals surface area contributed by atoms with Crippen LogP contribution in [0.3, 0.4) is 0 Å². The number of carbonyl (C=O) groups excluding carboxylic acids is 1. The first-order valence-corrected chi connectivity index (χ1v) is 6.83. The zero-order valence-electron chi connectivity index (χ0n) is 11.2. The number of hydrogen-bond acceptors (Lipinski definition) is 4. The number of benzene rings is 1. The molecule has 0 bridgehead atoms. The number of nitrogens with zero attached hydrogens (tertiary/aromatic N) is 3. The van der Waals surface area contributed by atoms with Gasteiger partial charge >= 0.3 is 0 Å². The summed E-state index contributed by atoms with van der Waals surface area (Å²) in [6, 6.07) is 7.37. The van der Waals surface area contributed by atoms with Crippen molar-refractivity contribution in [3.8, 4) is 0 Å². The molecular formula is C15H13ClN4O. The molecular weight excluding hydrogens is 288 g/mol. The maximum Gasteiger partial charge on any atom is 0.247 e. The zero-order valence-corrected chi connectivity index (χ0v) is 11.9. The Hall–Kier alpha value is -2.40. The number of halogens is 1. The van der Waals surface area contributed by atoms with Gasteiger partial charge in [0.25, 0.3) is 0 Å². The molecule has 0 atom stereocenters. The lowest BCUT2D eigenvalue weighted by atomic mass is 10.2. The smallest absolute Gasteiger partial charge is 0.247 e. The van der Waals surface area contributed by atoms with Crippen molar-refractivity contribution in [2.45, 2.75) is 13.1 Å². The van der Waals surface area contributed by atoms with Gasteiger partial charge in [0, 0.05) is 29.4 Å². The highest BCUT2D eigenvalue weighted by Gasteiger charge is 2.23. The minimum Gasteiger partial charge on any atom is -0.368 e. The standard InChI is InChI=1S/C15H13ClN4O/c16-12-4-2-1-3-10(12)5-6-14(21)20-8-11-7-18-15(17)19-13(11)9-20/h1-7H,8-9H2,(H2,17,18,19)/b6-5+. The maximum absolute atomic E-state index is 12.2. The molecule has 2 N–H and O–H groups in total. The van der Waals surface area contributed by atoms with Crippen LogP contribution >= 0.6 is 11.6 Å². The van der Waals surface area contributed by atoms with Crippen LogP contribution in [0.5, 0.6) is 0 Å². The van der Waals surface area contributed by atoms with E-state index in [0.717, 1.165) is 16.8 Å². The molecule has 0 spiro atoms. The van der Waals surface area contributed by atoms with Gasteiger partial charge in [-0.2, -0.15) is 0 Å². The van der Waals surface area contributed by atoms with Crippen LogP contribution in [0.25, 0.3) is 6.08 Å². The summed E-state index contributed by atoms with van der Waals surface area (Å²) in [7, 11) is 0. The molecule has 106 valence electrons. The maximum atomic E-state index is 12.2. The lowest BCUT2D eigenvalue weighted by molar-refractivity contribution is -0.126. The fourth-order valence-corrected chi connectivity index (χ4v) is 2.40. The quantitative estimate of drug-likeness (QED) is 0.864. The molecule has 0 saturated heterocycles. The van der Waals surface area contributed by atoms with Crippen molar-refractivity contribution in [1.29, 1.82) is 0 Å². The van der Waals surface area contributed by atoms with Crippen molar-refractivity contribution < 1.29 is 4.79 Å². The summed E-state index contributed by atoms with van der Waals surface area (Å²) in [5, 5.41) is 0.616. The molecule has 0 fully saturated rings. The third-order valence-electron chi connectivity index (χ3n) is 3.30. The van der Waals surface area contributed by atoms with E-state index in [9.17, 15) is 4.79 Å². The van der Waals surface area contributed by atoms with Crippen LogP contribution in [0, 0.1) is 0 Å². The Kier molecular flexibility index (Phi) is 3.58. The van der Waals surface area contributed by atoms with E-state index in [-0.39, 0.29) is 11.9 Å². The highest BCUT2D eigenvalue weighted by atomic mass is 35.5. The van der Waals surface area contributed by atoms with Crippen molar-refractivity contribution in [3.05, 3.63) is 58.4 Å². The number of rotatable bonds is 2. The highest BCUT2D eigenvalue weighted by molar-refractivity contribution is 6.32. The first-order chi connectivity index (χ1) is 10.1. The van der Waals surface area contributed by atoms with Crippen LogP contribution in [-0.2, 0) is 17.9 Å². The van der Waals surface area contributed by atoms with Gasteiger partial charge in [0.1, 0.15) is 0 Å². The summed E-state index contributed by atoms with van der Waals surface area (Å²) in [6.45, 7) is 0.953. The van der Waals surface area contributed by atoms with Crippen LogP contribution in [-0.4, -0.2) is 20.8 Å². The fourth-order valence-electron chi connectivity index (χ4n) is 2.20. The van der Waals surface area contributed by atoms with Gasteiger partial charge < -0.3 is 10.6 Å². The molecule has 1 aliphatic rings. The fraction of sp³-hybridized carbons (Fsp3) is 0.133. The molecule has 2 aromatic rings. The first-order valence-electron chi connectivity index (χ1n) is 6.45. The van der Waals surface area contributed by atoms with Gasteiger partial charge in [-0.3, -0.25) is 4.79 Å². The molecule has 1 aromatic carbocycles. The second kappa shape index (κ2) is 5.54. The van der Waals surface area contributed by atoms with E-state index in [0.29, 0.717) is 18.1 Å². The van der Waals surface area contributed by atoms with Crippen molar-refractivity contribution in [2.24, 2.45) is 0 Å². The Labute approximate surface area is 127 Å². The van der Waals surface area contributed by atoms with E-state index in [2.05, 4.69) is 9.97 Å². The summed E-state index contributed by atoms with van der Waals surface area (Å²) >= 11 is 6.05. The monoisotopic (exact) mass is 300 g/mol. The van der Waals surface area contributed by atoms with Crippen LogP contribution in [0.15, 0.2) is 36.5 Å². The van der Waals surface area contributed by atoms with Gasteiger partial charge in [-0.1, -0.05) is 29.8 Å². The molecule has 1 aliphatic heterocycles. The number of hydrogen-bond donors (Lipinski definition) is 1. The Morgan fingerprint density at radius 1 is 1.33 bits per heavy atom. The zero-order chi connectivity index (χ0) is 14.8. The van der Waals surface area contributed by atoms with Crippen molar-refractivity contribution in [3.63, 3.8) is 0 Å². The Morgan fingerprint density at radius 2 is 2.14 bits per heavy atom. The van der Waals surface area contributed by atoms with Gasteiger partial charge in [0.15, 0.2) is 0 Å². The number of amides is 1. The van der Waals surface area contributed by atoms with Gasteiger partial charge in [-0.15, -0.1) is 0 Å². The van der Waals surface area contributed by atoms with E-state index in [1.807, 2.05) is 18.2 Å². The number of nitrogen functional groups attached to an aromatic ring is 1. The number of aromatic nitrogens is 2. The molecule has 5 nitrogen and oxygen atoms in total. The van der Waals surface area contributed by atoms with Crippen LogP contribution in [0.1, 0.15) is 16.8 Å². The Morgan fingerprint density at radius 3 is 2.95 bits per heavy atom. The number of anilines is 1. The van der Waals surface area contributed by atoms with Gasteiger partial charge in [-0.25, -0.2) is 9.97 Å². The van der Waals surface area contributed by atoms with E-state index in [4.69, 9.17) is 17.3 Å². The number of fused-ring (bicyclic) bond motifs is 1. The van der Waals surface area contributed by atoms with E-state index >= 15 is 0 Å². The molecule has 0 saturated carbocycles. The van der Waals surface area contributed by atoms with Crippen molar-refractivity contribution >= 4 is 29.5 Å². The lowest BCUT2D eigenvalue weighted by Gasteiger charge is -2.11. The van der Waals surface area contributed by atoms with Gasteiger partial charge in [0.2, 0.25) is 11.9 Å². The molecule has 21 heavy (non-hydrogen) atoms. The van der Waals surface area contributed by atoms with Crippen molar-refractivity contribution in [1.82, 2.24) is 14.9 Å². The summed E-state index contributed by atoms with van der Waals surface area (Å²) in [5.41, 5.74) is 8.10. The topological polar surface area (TPSA) is 72.1 Å². The van der Waals surface area contributed by atoms with Gasteiger partial charge in [-0.05, 0) is 17.7 Å². The van der Waals surface area contributed by atoms with Crippen LogP contribution < -0.4 is 5.73 Å². The highest BCUT2D eigenvalue weighted by Crippen LogP contribution is 2.21. The molecule has 6 heteroatoms. The summed E-state index contributed by atoms with van der Waals surface area (Å²) in [4.78, 5) is 22.0. The average molecular weight is 301 g/mol. The van der Waals surface area contributed by atoms with Crippen LogP contribution in [0.2, 0.25) is 5.02 Å². The minimum absolute atomic E-state index is 0.0912. The molecule has 1 amide bonds. The van der Waals surface area contributed by atoms with Gasteiger partial charge in [0.05, 0.1) is 12.2 Å². The molecule has 0 aliphatic carbocycles. The van der Waals surface area contributed by atoms with E-state index in [1.165, 1.54) is 6.08 Å².